The smallest absolute Gasteiger partial charge is 0.323 e. The Morgan fingerprint density at radius 2 is 2.46 bits per heavy atom. The van der Waals surface area contributed by atoms with Crippen LogP contribution in [0.15, 0.2) is 0 Å². The maximum Gasteiger partial charge on any atom is 0.323 e. The van der Waals surface area contributed by atoms with Crippen LogP contribution in [0.25, 0.3) is 0 Å². The zero-order chi connectivity index (χ0) is 9.68. The SMILES string of the molecule is COC(=O)[C@H]1CCCCN1CC#N. The van der Waals surface area contributed by atoms with Gasteiger partial charge in [-0.25, -0.2) is 0 Å². The van der Waals surface area contributed by atoms with Crippen LogP contribution in [0.4, 0.5) is 0 Å². The van der Waals surface area contributed by atoms with E-state index in [9.17, 15) is 4.79 Å². The zero-order valence-corrected chi connectivity index (χ0v) is 7.82. The van der Waals surface area contributed by atoms with Gasteiger partial charge in [0.25, 0.3) is 0 Å². The van der Waals surface area contributed by atoms with E-state index in [0.717, 1.165) is 25.8 Å². The largest absolute Gasteiger partial charge is 0.468 e. The molecule has 1 aliphatic heterocycles. The minimum atomic E-state index is -0.213. The Balaban J connectivity index is 2.57. The Morgan fingerprint density at radius 3 is 3.08 bits per heavy atom. The second kappa shape index (κ2) is 4.83. The van der Waals surface area contributed by atoms with Crippen molar-refractivity contribution in [3.05, 3.63) is 0 Å². The average molecular weight is 182 g/mol. The number of hydrogen-bond donors (Lipinski definition) is 0. The Morgan fingerprint density at radius 1 is 1.69 bits per heavy atom. The molecule has 1 aliphatic rings. The molecule has 13 heavy (non-hydrogen) atoms. The molecule has 0 saturated carbocycles. The lowest BCUT2D eigenvalue weighted by Gasteiger charge is -2.31. The monoisotopic (exact) mass is 182 g/mol. The Labute approximate surface area is 78.1 Å². The number of piperidine rings is 1. The number of hydrogen-bond acceptors (Lipinski definition) is 4. The first-order valence-electron chi connectivity index (χ1n) is 4.48. The van der Waals surface area contributed by atoms with Crippen LogP contribution in [-0.4, -0.2) is 37.1 Å². The Bertz CT molecular complexity index is 222. The minimum absolute atomic E-state index is 0.196. The molecule has 1 saturated heterocycles. The molecular weight excluding hydrogens is 168 g/mol. The van der Waals surface area contributed by atoms with Crippen molar-refractivity contribution < 1.29 is 9.53 Å². The first-order valence-corrected chi connectivity index (χ1v) is 4.48. The second-order valence-corrected chi connectivity index (χ2v) is 3.16. The molecule has 1 rings (SSSR count). The van der Waals surface area contributed by atoms with Crippen molar-refractivity contribution in [1.29, 1.82) is 5.26 Å². The summed E-state index contributed by atoms with van der Waals surface area (Å²) in [5.74, 6) is -0.213. The molecule has 0 N–H and O–H groups in total. The van der Waals surface area contributed by atoms with Gasteiger partial charge in [-0.1, -0.05) is 6.42 Å². The number of methoxy groups -OCH3 is 1. The van der Waals surface area contributed by atoms with Crippen LogP contribution in [0.1, 0.15) is 19.3 Å². The third-order valence-corrected chi connectivity index (χ3v) is 2.36. The van der Waals surface area contributed by atoms with E-state index in [0.29, 0.717) is 6.54 Å². The normalized spacial score (nSPS) is 23.5. The van der Waals surface area contributed by atoms with E-state index in [1.165, 1.54) is 7.11 Å². The predicted molar refractivity (Wildman–Crippen MR) is 46.8 cm³/mol. The van der Waals surface area contributed by atoms with Gasteiger partial charge in [0.05, 0.1) is 19.7 Å². The molecule has 0 aliphatic carbocycles. The lowest BCUT2D eigenvalue weighted by Crippen LogP contribution is -2.45. The van der Waals surface area contributed by atoms with E-state index in [1.54, 1.807) is 0 Å². The molecule has 0 spiro atoms. The zero-order valence-electron chi connectivity index (χ0n) is 7.82. The maximum absolute atomic E-state index is 11.3. The lowest BCUT2D eigenvalue weighted by atomic mass is 10.0. The van der Waals surface area contributed by atoms with Gasteiger partial charge in [-0.2, -0.15) is 5.26 Å². The van der Waals surface area contributed by atoms with Crippen molar-refractivity contribution in [2.75, 3.05) is 20.2 Å². The van der Waals surface area contributed by atoms with Gasteiger partial charge in [0.2, 0.25) is 0 Å². The van der Waals surface area contributed by atoms with E-state index in [2.05, 4.69) is 10.8 Å². The van der Waals surface area contributed by atoms with E-state index < -0.39 is 0 Å². The summed E-state index contributed by atoms with van der Waals surface area (Å²) >= 11 is 0. The van der Waals surface area contributed by atoms with Crippen LogP contribution in [0, 0.1) is 11.3 Å². The average Bonchev–Trinajstić information content (AvgIpc) is 2.18. The van der Waals surface area contributed by atoms with Crippen molar-refractivity contribution in [3.8, 4) is 6.07 Å². The van der Waals surface area contributed by atoms with Crippen LogP contribution in [0.5, 0.6) is 0 Å². The molecule has 1 heterocycles. The fourth-order valence-electron chi connectivity index (χ4n) is 1.67. The third-order valence-electron chi connectivity index (χ3n) is 2.36. The summed E-state index contributed by atoms with van der Waals surface area (Å²) in [5.41, 5.74) is 0. The highest BCUT2D eigenvalue weighted by molar-refractivity contribution is 5.75. The second-order valence-electron chi connectivity index (χ2n) is 3.16. The number of carbonyl (C=O) groups is 1. The van der Waals surface area contributed by atoms with Gasteiger partial charge >= 0.3 is 5.97 Å². The van der Waals surface area contributed by atoms with E-state index >= 15 is 0 Å². The molecule has 1 atom stereocenters. The lowest BCUT2D eigenvalue weighted by molar-refractivity contribution is -0.147. The highest BCUT2D eigenvalue weighted by Gasteiger charge is 2.28. The van der Waals surface area contributed by atoms with Crippen LogP contribution >= 0.6 is 0 Å². The Hall–Kier alpha value is -1.08. The molecule has 0 bridgehead atoms. The summed E-state index contributed by atoms with van der Waals surface area (Å²) in [6, 6.07) is 1.87. The third kappa shape index (κ3) is 2.43. The summed E-state index contributed by atoms with van der Waals surface area (Å²) in [6.07, 6.45) is 2.92. The van der Waals surface area contributed by atoms with Gasteiger partial charge in [-0.05, 0) is 12.8 Å². The summed E-state index contributed by atoms with van der Waals surface area (Å²) in [7, 11) is 1.39. The van der Waals surface area contributed by atoms with E-state index in [1.807, 2.05) is 4.90 Å². The molecule has 0 aromatic carbocycles. The number of ether oxygens (including phenoxy) is 1. The summed E-state index contributed by atoms with van der Waals surface area (Å²) in [6.45, 7) is 1.15. The van der Waals surface area contributed by atoms with Crippen LogP contribution < -0.4 is 0 Å². The standard InChI is InChI=1S/C9H14N2O2/c1-13-9(12)8-4-2-3-6-11(8)7-5-10/h8H,2-4,6-7H2,1H3/t8-/m1/s1. The number of likely N-dealkylation sites (tertiary alicyclic amines) is 1. The first kappa shape index (κ1) is 10.0. The molecule has 4 heteroatoms. The molecule has 0 aromatic heterocycles. The van der Waals surface area contributed by atoms with Gasteiger partial charge in [-0.3, -0.25) is 9.69 Å². The molecular formula is C9H14N2O2. The number of nitriles is 1. The molecule has 0 aromatic rings. The van der Waals surface area contributed by atoms with Gasteiger partial charge in [0.15, 0.2) is 0 Å². The minimum Gasteiger partial charge on any atom is -0.468 e. The molecule has 0 amide bonds. The summed E-state index contributed by atoms with van der Waals surface area (Å²) in [5, 5.41) is 8.55. The van der Waals surface area contributed by atoms with Crippen molar-refractivity contribution in [2.45, 2.75) is 25.3 Å². The van der Waals surface area contributed by atoms with Crippen molar-refractivity contribution >= 4 is 5.97 Å². The summed E-state index contributed by atoms with van der Waals surface area (Å²) in [4.78, 5) is 13.2. The Kier molecular flexibility index (Phi) is 3.71. The molecule has 0 radical (unpaired) electrons. The molecule has 0 unspecified atom stereocenters. The van der Waals surface area contributed by atoms with Crippen molar-refractivity contribution in [3.63, 3.8) is 0 Å². The fraction of sp³-hybridized carbons (Fsp3) is 0.778. The van der Waals surface area contributed by atoms with Gasteiger partial charge in [0, 0.05) is 6.54 Å². The van der Waals surface area contributed by atoms with E-state index in [-0.39, 0.29) is 12.0 Å². The van der Waals surface area contributed by atoms with Gasteiger partial charge in [-0.15, -0.1) is 0 Å². The topological polar surface area (TPSA) is 53.3 Å². The van der Waals surface area contributed by atoms with Crippen molar-refractivity contribution in [1.82, 2.24) is 4.90 Å². The van der Waals surface area contributed by atoms with Crippen LogP contribution in [0.2, 0.25) is 0 Å². The predicted octanol–water partition coefficient (Wildman–Crippen LogP) is 0.537. The number of carbonyl (C=O) groups excluding carboxylic acids is 1. The number of nitrogens with zero attached hydrogens (tertiary/aromatic N) is 2. The number of esters is 1. The molecule has 1 fully saturated rings. The highest BCUT2D eigenvalue weighted by Crippen LogP contribution is 2.17. The van der Waals surface area contributed by atoms with Gasteiger partial charge in [0.1, 0.15) is 6.04 Å². The fourth-order valence-corrected chi connectivity index (χ4v) is 1.67. The summed E-state index contributed by atoms with van der Waals surface area (Å²) < 4.78 is 4.68. The highest BCUT2D eigenvalue weighted by atomic mass is 16.5. The number of rotatable bonds is 2. The first-order chi connectivity index (χ1) is 6.29. The van der Waals surface area contributed by atoms with Crippen molar-refractivity contribution in [2.24, 2.45) is 0 Å². The van der Waals surface area contributed by atoms with Crippen LogP contribution in [0.3, 0.4) is 0 Å². The van der Waals surface area contributed by atoms with E-state index in [4.69, 9.17) is 5.26 Å². The maximum atomic E-state index is 11.3. The quantitative estimate of drug-likeness (QED) is 0.462. The van der Waals surface area contributed by atoms with Gasteiger partial charge < -0.3 is 4.74 Å². The molecule has 4 nitrogen and oxygen atoms in total. The molecule has 72 valence electrons. The van der Waals surface area contributed by atoms with Crippen LogP contribution in [-0.2, 0) is 9.53 Å².